The molecule has 0 spiro atoms. The van der Waals surface area contributed by atoms with Crippen LogP contribution in [0, 0.1) is 11.6 Å². The van der Waals surface area contributed by atoms with Crippen LogP contribution in [0.5, 0.6) is 0 Å². The molecule has 0 saturated carbocycles. The number of nitrogens with one attached hydrogen (secondary N) is 1. The molecule has 1 aromatic rings. The Morgan fingerprint density at radius 2 is 2.17 bits per heavy atom. The lowest BCUT2D eigenvalue weighted by Crippen LogP contribution is -2.35. The van der Waals surface area contributed by atoms with Crippen LogP contribution in [0.4, 0.5) is 8.78 Å². The van der Waals surface area contributed by atoms with Gasteiger partial charge < -0.3 is 10.1 Å². The fourth-order valence-corrected chi connectivity index (χ4v) is 2.47. The first-order chi connectivity index (χ1) is 8.70. The largest absolute Gasteiger partial charge is 0.380 e. The summed E-state index contributed by atoms with van der Waals surface area (Å²) in [6.07, 6.45) is 3.88. The van der Waals surface area contributed by atoms with Gasteiger partial charge in [-0.15, -0.1) is 0 Å². The number of benzene rings is 1. The first kappa shape index (κ1) is 13.4. The molecule has 0 aromatic heterocycles. The molecule has 100 valence electrons. The summed E-state index contributed by atoms with van der Waals surface area (Å²) < 4.78 is 32.2. The molecule has 1 aliphatic rings. The predicted molar refractivity (Wildman–Crippen MR) is 66.4 cm³/mol. The highest BCUT2D eigenvalue weighted by Crippen LogP contribution is 2.20. The Labute approximate surface area is 106 Å². The minimum absolute atomic E-state index is 0.255. The van der Waals surface area contributed by atoms with E-state index >= 15 is 0 Å². The van der Waals surface area contributed by atoms with Crippen LogP contribution in [0.1, 0.15) is 30.4 Å². The van der Waals surface area contributed by atoms with Crippen LogP contribution in [-0.4, -0.2) is 19.7 Å². The Bertz CT molecular complexity index is 403. The molecule has 1 N–H and O–H groups in total. The van der Waals surface area contributed by atoms with Gasteiger partial charge in [-0.25, -0.2) is 8.78 Å². The lowest BCUT2D eigenvalue weighted by atomic mass is 9.96. The summed E-state index contributed by atoms with van der Waals surface area (Å²) >= 11 is 0. The van der Waals surface area contributed by atoms with Gasteiger partial charge in [-0.3, -0.25) is 0 Å². The van der Waals surface area contributed by atoms with Crippen molar-refractivity contribution < 1.29 is 13.5 Å². The Kier molecular flexibility index (Phi) is 4.66. The summed E-state index contributed by atoms with van der Waals surface area (Å²) in [5.41, 5.74) is 1.13. The Hall–Kier alpha value is -1.00. The van der Waals surface area contributed by atoms with E-state index in [0.717, 1.165) is 25.8 Å². The summed E-state index contributed by atoms with van der Waals surface area (Å²) in [5, 5.41) is 3.35. The van der Waals surface area contributed by atoms with Crippen LogP contribution in [0.3, 0.4) is 0 Å². The zero-order valence-electron chi connectivity index (χ0n) is 10.6. The summed E-state index contributed by atoms with van der Waals surface area (Å²) in [6, 6.07) is 3.17. The highest BCUT2D eigenvalue weighted by molar-refractivity contribution is 5.27. The molecular weight excluding hydrogens is 236 g/mol. The average Bonchev–Trinajstić information content (AvgIpc) is 2.37. The molecule has 1 saturated heterocycles. The lowest BCUT2D eigenvalue weighted by molar-refractivity contribution is 0.184. The van der Waals surface area contributed by atoms with Crippen LogP contribution in [0.15, 0.2) is 12.1 Å². The second-order valence-electron chi connectivity index (χ2n) is 4.83. The second kappa shape index (κ2) is 6.25. The number of piperidine rings is 1. The monoisotopic (exact) mass is 255 g/mol. The van der Waals surface area contributed by atoms with Crippen molar-refractivity contribution in [3.05, 3.63) is 34.9 Å². The van der Waals surface area contributed by atoms with E-state index in [1.54, 1.807) is 13.2 Å². The van der Waals surface area contributed by atoms with Crippen molar-refractivity contribution in [2.45, 2.75) is 38.3 Å². The van der Waals surface area contributed by atoms with E-state index in [2.05, 4.69) is 5.32 Å². The van der Waals surface area contributed by atoms with E-state index in [9.17, 15) is 8.78 Å². The van der Waals surface area contributed by atoms with Gasteiger partial charge in [0, 0.05) is 13.2 Å². The van der Waals surface area contributed by atoms with Crippen molar-refractivity contribution in [1.82, 2.24) is 5.32 Å². The molecular formula is C14H19F2NO. The summed E-state index contributed by atoms with van der Waals surface area (Å²) in [6.45, 7) is 1.27. The fraction of sp³-hybridized carbons (Fsp3) is 0.571. The first-order valence-corrected chi connectivity index (χ1v) is 6.40. The highest BCUT2D eigenvalue weighted by atomic mass is 19.2. The zero-order valence-corrected chi connectivity index (χ0v) is 10.6. The molecule has 0 radical (unpaired) electrons. The van der Waals surface area contributed by atoms with Crippen molar-refractivity contribution in [1.29, 1.82) is 0 Å². The number of halogens is 2. The van der Waals surface area contributed by atoms with Crippen molar-refractivity contribution in [3.8, 4) is 0 Å². The smallest absolute Gasteiger partial charge is 0.162 e. The molecule has 0 aliphatic carbocycles. The number of hydrogen-bond acceptors (Lipinski definition) is 2. The standard InChI is InChI=1S/C14H19F2NO/c1-18-9-10-6-11(14(16)13(15)7-10)8-12-4-2-3-5-17-12/h6-7,12,17H,2-5,8-9H2,1H3. The molecule has 1 unspecified atom stereocenters. The second-order valence-corrected chi connectivity index (χ2v) is 4.83. The minimum atomic E-state index is -0.782. The van der Waals surface area contributed by atoms with Crippen LogP contribution >= 0.6 is 0 Å². The van der Waals surface area contributed by atoms with Crippen molar-refractivity contribution >= 4 is 0 Å². The van der Waals surface area contributed by atoms with E-state index in [4.69, 9.17) is 4.74 Å². The van der Waals surface area contributed by atoms with E-state index in [1.165, 1.54) is 6.07 Å². The maximum Gasteiger partial charge on any atom is 0.162 e. The number of rotatable bonds is 4. The highest BCUT2D eigenvalue weighted by Gasteiger charge is 2.17. The third-order valence-corrected chi connectivity index (χ3v) is 3.35. The molecule has 1 atom stereocenters. The maximum absolute atomic E-state index is 13.7. The third kappa shape index (κ3) is 3.27. The third-order valence-electron chi connectivity index (χ3n) is 3.35. The van der Waals surface area contributed by atoms with Gasteiger partial charge in [-0.1, -0.05) is 12.5 Å². The molecule has 4 heteroatoms. The van der Waals surface area contributed by atoms with Crippen LogP contribution in [0.25, 0.3) is 0 Å². The molecule has 2 rings (SSSR count). The molecule has 1 fully saturated rings. The number of methoxy groups -OCH3 is 1. The number of hydrogen-bond donors (Lipinski definition) is 1. The molecule has 2 nitrogen and oxygen atoms in total. The van der Waals surface area contributed by atoms with Crippen LogP contribution in [-0.2, 0) is 17.8 Å². The Balaban J connectivity index is 2.14. The van der Waals surface area contributed by atoms with E-state index in [1.807, 2.05) is 0 Å². The molecule has 1 aromatic carbocycles. The van der Waals surface area contributed by atoms with Gasteiger partial charge in [0.25, 0.3) is 0 Å². The van der Waals surface area contributed by atoms with Gasteiger partial charge in [0.2, 0.25) is 0 Å². The van der Waals surface area contributed by atoms with E-state index in [0.29, 0.717) is 24.2 Å². The van der Waals surface area contributed by atoms with E-state index < -0.39 is 11.6 Å². The molecule has 18 heavy (non-hydrogen) atoms. The zero-order chi connectivity index (χ0) is 13.0. The van der Waals surface area contributed by atoms with Crippen molar-refractivity contribution in [3.63, 3.8) is 0 Å². The van der Waals surface area contributed by atoms with Gasteiger partial charge in [-0.05, 0) is 43.0 Å². The van der Waals surface area contributed by atoms with E-state index in [-0.39, 0.29) is 6.04 Å². The molecule has 0 amide bonds. The van der Waals surface area contributed by atoms with Crippen molar-refractivity contribution in [2.75, 3.05) is 13.7 Å². The topological polar surface area (TPSA) is 21.3 Å². The minimum Gasteiger partial charge on any atom is -0.380 e. The SMILES string of the molecule is COCc1cc(F)c(F)c(CC2CCCCN2)c1. The average molecular weight is 255 g/mol. The lowest BCUT2D eigenvalue weighted by Gasteiger charge is -2.23. The molecule has 1 heterocycles. The first-order valence-electron chi connectivity index (χ1n) is 6.40. The summed E-state index contributed by atoms with van der Waals surface area (Å²) in [4.78, 5) is 0. The van der Waals surface area contributed by atoms with Gasteiger partial charge in [0.05, 0.1) is 6.61 Å². The predicted octanol–water partition coefficient (Wildman–Crippen LogP) is 2.80. The normalized spacial score (nSPS) is 20.1. The van der Waals surface area contributed by atoms with Crippen LogP contribution < -0.4 is 5.32 Å². The summed E-state index contributed by atoms with van der Waals surface area (Å²) in [7, 11) is 1.55. The van der Waals surface area contributed by atoms with Gasteiger partial charge in [-0.2, -0.15) is 0 Å². The quantitative estimate of drug-likeness (QED) is 0.893. The molecule has 0 bridgehead atoms. The van der Waals surface area contributed by atoms with Gasteiger partial charge >= 0.3 is 0 Å². The maximum atomic E-state index is 13.7. The fourth-order valence-electron chi connectivity index (χ4n) is 2.47. The number of ether oxygens (including phenoxy) is 1. The van der Waals surface area contributed by atoms with Crippen molar-refractivity contribution in [2.24, 2.45) is 0 Å². The Morgan fingerprint density at radius 3 is 2.83 bits per heavy atom. The molecule has 1 aliphatic heterocycles. The van der Waals surface area contributed by atoms with Gasteiger partial charge in [0.15, 0.2) is 11.6 Å². The summed E-state index contributed by atoms with van der Waals surface area (Å²) in [5.74, 6) is -1.50. The van der Waals surface area contributed by atoms with Gasteiger partial charge in [0.1, 0.15) is 0 Å². The Morgan fingerprint density at radius 1 is 1.33 bits per heavy atom. The van der Waals surface area contributed by atoms with Crippen LogP contribution in [0.2, 0.25) is 0 Å².